The van der Waals surface area contributed by atoms with E-state index in [1.165, 1.54) is 32.0 Å². The lowest BCUT2D eigenvalue weighted by Crippen LogP contribution is -2.23. The second-order valence-corrected chi connectivity index (χ2v) is 6.04. The summed E-state index contributed by atoms with van der Waals surface area (Å²) in [7, 11) is 0. The van der Waals surface area contributed by atoms with E-state index in [1.54, 1.807) is 12.1 Å². The minimum absolute atomic E-state index is 0.208. The van der Waals surface area contributed by atoms with Gasteiger partial charge in [-0.3, -0.25) is 0 Å². The zero-order valence-corrected chi connectivity index (χ0v) is 13.2. The van der Waals surface area contributed by atoms with Crippen LogP contribution < -0.4 is 10.1 Å². The Bertz CT molecular complexity index is 431. The van der Waals surface area contributed by atoms with Crippen LogP contribution in [0.5, 0.6) is 5.75 Å². The molecule has 1 fully saturated rings. The van der Waals surface area contributed by atoms with Gasteiger partial charge in [0.25, 0.3) is 0 Å². The monoisotopic (exact) mass is 294 g/mol. The third-order valence-corrected chi connectivity index (χ3v) is 3.80. The molecular formula is C17H27FN2O. The van der Waals surface area contributed by atoms with Gasteiger partial charge in [0.15, 0.2) is 0 Å². The zero-order valence-electron chi connectivity index (χ0n) is 13.2. The molecule has 0 unspecified atom stereocenters. The Morgan fingerprint density at radius 2 is 2.05 bits per heavy atom. The Morgan fingerprint density at radius 3 is 2.76 bits per heavy atom. The van der Waals surface area contributed by atoms with E-state index in [4.69, 9.17) is 4.74 Å². The molecule has 0 bridgehead atoms. The summed E-state index contributed by atoms with van der Waals surface area (Å²) in [6, 6.07) is 5.14. The number of nitrogens with one attached hydrogen (secondary N) is 1. The van der Waals surface area contributed by atoms with Crippen LogP contribution >= 0.6 is 0 Å². The molecule has 0 amide bonds. The second-order valence-electron chi connectivity index (χ2n) is 6.04. The highest BCUT2D eigenvalue weighted by molar-refractivity contribution is 5.34. The maximum atomic E-state index is 13.4. The van der Waals surface area contributed by atoms with E-state index in [9.17, 15) is 4.39 Å². The summed E-state index contributed by atoms with van der Waals surface area (Å²) < 4.78 is 19.2. The predicted octanol–water partition coefficient (Wildman–Crippen LogP) is 3.19. The third kappa shape index (κ3) is 5.64. The first kappa shape index (κ1) is 16.2. The van der Waals surface area contributed by atoms with Crippen LogP contribution in [0.4, 0.5) is 4.39 Å². The fourth-order valence-electron chi connectivity index (χ4n) is 2.62. The van der Waals surface area contributed by atoms with Gasteiger partial charge in [0, 0.05) is 24.7 Å². The van der Waals surface area contributed by atoms with Gasteiger partial charge in [-0.25, -0.2) is 4.39 Å². The van der Waals surface area contributed by atoms with Crippen LogP contribution in [-0.4, -0.2) is 37.2 Å². The summed E-state index contributed by atoms with van der Waals surface area (Å²) in [4.78, 5) is 2.48. The maximum absolute atomic E-state index is 13.4. The molecule has 1 saturated heterocycles. The van der Waals surface area contributed by atoms with Crippen molar-refractivity contribution in [1.29, 1.82) is 0 Å². The zero-order chi connectivity index (χ0) is 15.1. The summed E-state index contributed by atoms with van der Waals surface area (Å²) in [6.45, 7) is 9.03. The molecule has 1 aliphatic rings. The molecule has 0 aliphatic carbocycles. The summed E-state index contributed by atoms with van der Waals surface area (Å²) in [5.41, 5.74) is 0.893. The standard InChI is InChI=1S/C17H27FN2O/c1-14(2)19-13-15-12-16(18)6-7-17(15)21-11-5-10-20-8-3-4-9-20/h6-7,12,14,19H,3-5,8-11,13H2,1-2H3. The number of nitrogens with zero attached hydrogens (tertiary/aromatic N) is 1. The highest BCUT2D eigenvalue weighted by atomic mass is 19.1. The molecule has 0 atom stereocenters. The van der Waals surface area contributed by atoms with Gasteiger partial charge in [-0.15, -0.1) is 0 Å². The van der Waals surface area contributed by atoms with Crippen LogP contribution in [0.15, 0.2) is 18.2 Å². The molecule has 0 spiro atoms. The third-order valence-electron chi connectivity index (χ3n) is 3.80. The topological polar surface area (TPSA) is 24.5 Å². The van der Waals surface area contributed by atoms with Crippen molar-refractivity contribution in [2.75, 3.05) is 26.2 Å². The number of hydrogen-bond donors (Lipinski definition) is 1. The molecule has 1 aliphatic heterocycles. The smallest absolute Gasteiger partial charge is 0.123 e. The first-order valence-electron chi connectivity index (χ1n) is 8.02. The van der Waals surface area contributed by atoms with Crippen LogP contribution in [0.1, 0.15) is 38.7 Å². The van der Waals surface area contributed by atoms with E-state index in [1.807, 2.05) is 0 Å². The minimum atomic E-state index is -0.208. The van der Waals surface area contributed by atoms with E-state index >= 15 is 0 Å². The average Bonchev–Trinajstić information content (AvgIpc) is 2.96. The molecular weight excluding hydrogens is 267 g/mol. The van der Waals surface area contributed by atoms with Crippen molar-refractivity contribution < 1.29 is 9.13 Å². The van der Waals surface area contributed by atoms with E-state index in [2.05, 4.69) is 24.1 Å². The molecule has 4 heteroatoms. The van der Waals surface area contributed by atoms with E-state index in [0.29, 0.717) is 19.2 Å². The molecule has 1 aromatic carbocycles. The van der Waals surface area contributed by atoms with Gasteiger partial charge in [-0.2, -0.15) is 0 Å². The van der Waals surface area contributed by atoms with Crippen LogP contribution in [-0.2, 0) is 6.54 Å². The molecule has 3 nitrogen and oxygen atoms in total. The Morgan fingerprint density at radius 1 is 1.29 bits per heavy atom. The van der Waals surface area contributed by atoms with Crippen molar-refractivity contribution in [3.63, 3.8) is 0 Å². The van der Waals surface area contributed by atoms with E-state index in [0.717, 1.165) is 24.3 Å². The first-order chi connectivity index (χ1) is 10.1. The highest BCUT2D eigenvalue weighted by Crippen LogP contribution is 2.20. The van der Waals surface area contributed by atoms with E-state index in [-0.39, 0.29) is 5.82 Å². The van der Waals surface area contributed by atoms with Gasteiger partial charge in [-0.05, 0) is 50.6 Å². The summed E-state index contributed by atoms with van der Waals surface area (Å²) in [5, 5.41) is 3.31. The molecule has 2 rings (SSSR count). The molecule has 21 heavy (non-hydrogen) atoms. The average molecular weight is 294 g/mol. The minimum Gasteiger partial charge on any atom is -0.493 e. The quantitative estimate of drug-likeness (QED) is 0.745. The van der Waals surface area contributed by atoms with Gasteiger partial charge >= 0.3 is 0 Å². The van der Waals surface area contributed by atoms with Crippen molar-refractivity contribution >= 4 is 0 Å². The van der Waals surface area contributed by atoms with Crippen molar-refractivity contribution in [3.05, 3.63) is 29.6 Å². The highest BCUT2D eigenvalue weighted by Gasteiger charge is 2.11. The van der Waals surface area contributed by atoms with Crippen molar-refractivity contribution in [2.24, 2.45) is 0 Å². The van der Waals surface area contributed by atoms with E-state index < -0.39 is 0 Å². The number of hydrogen-bond acceptors (Lipinski definition) is 3. The number of benzene rings is 1. The Hall–Kier alpha value is -1.13. The number of likely N-dealkylation sites (tertiary alicyclic amines) is 1. The number of ether oxygens (including phenoxy) is 1. The second kappa shape index (κ2) is 8.35. The van der Waals surface area contributed by atoms with Crippen LogP contribution in [0.2, 0.25) is 0 Å². The SMILES string of the molecule is CC(C)NCc1cc(F)ccc1OCCCN1CCCC1. The molecule has 0 saturated carbocycles. The summed E-state index contributed by atoms with van der Waals surface area (Å²) >= 11 is 0. The summed E-state index contributed by atoms with van der Waals surface area (Å²) in [5.74, 6) is 0.589. The van der Waals surface area contributed by atoms with Crippen LogP contribution in [0.3, 0.4) is 0 Å². The molecule has 118 valence electrons. The fraction of sp³-hybridized carbons (Fsp3) is 0.647. The lowest BCUT2D eigenvalue weighted by molar-refractivity contribution is 0.261. The molecule has 0 aromatic heterocycles. The predicted molar refractivity (Wildman–Crippen MR) is 84.2 cm³/mol. The normalized spacial score (nSPS) is 15.8. The van der Waals surface area contributed by atoms with Gasteiger partial charge in [0.05, 0.1) is 6.61 Å². The molecule has 1 heterocycles. The Balaban J connectivity index is 1.80. The first-order valence-corrected chi connectivity index (χ1v) is 8.02. The Kier molecular flexibility index (Phi) is 6.46. The van der Waals surface area contributed by atoms with Crippen LogP contribution in [0, 0.1) is 5.82 Å². The maximum Gasteiger partial charge on any atom is 0.123 e. The lowest BCUT2D eigenvalue weighted by Gasteiger charge is -2.16. The van der Waals surface area contributed by atoms with Crippen LogP contribution in [0.25, 0.3) is 0 Å². The van der Waals surface area contributed by atoms with Crippen molar-refractivity contribution in [1.82, 2.24) is 10.2 Å². The van der Waals surface area contributed by atoms with Gasteiger partial charge in [0.1, 0.15) is 11.6 Å². The van der Waals surface area contributed by atoms with Crippen molar-refractivity contribution in [2.45, 2.75) is 45.7 Å². The molecule has 1 N–H and O–H groups in total. The fourth-order valence-corrected chi connectivity index (χ4v) is 2.62. The molecule has 0 radical (unpaired) electrons. The Labute approximate surface area is 127 Å². The van der Waals surface area contributed by atoms with Gasteiger partial charge in [-0.1, -0.05) is 13.8 Å². The largest absolute Gasteiger partial charge is 0.493 e. The van der Waals surface area contributed by atoms with Gasteiger partial charge < -0.3 is 15.0 Å². The molecule has 1 aromatic rings. The number of halogens is 1. The summed E-state index contributed by atoms with van der Waals surface area (Å²) in [6.07, 6.45) is 3.67. The van der Waals surface area contributed by atoms with Gasteiger partial charge in [0.2, 0.25) is 0 Å². The van der Waals surface area contributed by atoms with Crippen molar-refractivity contribution in [3.8, 4) is 5.75 Å². The number of rotatable bonds is 8. The lowest BCUT2D eigenvalue weighted by atomic mass is 10.2.